The fraction of sp³-hybridized carbons (Fsp3) is 0.438. The van der Waals surface area contributed by atoms with Gasteiger partial charge in [-0.3, -0.25) is 4.68 Å². The van der Waals surface area contributed by atoms with Crippen molar-refractivity contribution in [3.63, 3.8) is 0 Å². The zero-order chi connectivity index (χ0) is 17.0. The smallest absolute Gasteiger partial charge is 0.243 e. The molecular formula is C16H23N3O3S. The number of aryl methyl sites for hydroxylation is 2. The molecule has 0 saturated heterocycles. The summed E-state index contributed by atoms with van der Waals surface area (Å²) in [4.78, 5) is 0.254. The lowest BCUT2D eigenvalue weighted by Crippen LogP contribution is -2.26. The summed E-state index contributed by atoms with van der Waals surface area (Å²) >= 11 is 0. The van der Waals surface area contributed by atoms with Gasteiger partial charge in [0, 0.05) is 31.9 Å². The predicted molar refractivity (Wildman–Crippen MR) is 88.9 cm³/mol. The van der Waals surface area contributed by atoms with E-state index in [1.807, 2.05) is 31.6 Å². The van der Waals surface area contributed by atoms with Crippen LogP contribution in [0, 0.1) is 6.92 Å². The average molecular weight is 337 g/mol. The summed E-state index contributed by atoms with van der Waals surface area (Å²) < 4.78 is 33.8. The topological polar surface area (TPSA) is 64.4 Å². The monoisotopic (exact) mass is 337 g/mol. The van der Waals surface area contributed by atoms with Crippen molar-refractivity contribution in [2.75, 3.05) is 13.7 Å². The summed E-state index contributed by atoms with van der Waals surface area (Å²) in [5.41, 5.74) is 1.75. The molecule has 2 aromatic rings. The summed E-state index contributed by atoms with van der Waals surface area (Å²) in [6.07, 6.45) is 1.89. The van der Waals surface area contributed by atoms with Gasteiger partial charge in [-0.2, -0.15) is 9.40 Å². The molecule has 0 N–H and O–H groups in total. The minimum absolute atomic E-state index is 0.254. The van der Waals surface area contributed by atoms with Crippen LogP contribution >= 0.6 is 0 Å². The Labute approximate surface area is 137 Å². The van der Waals surface area contributed by atoms with Gasteiger partial charge in [-0.25, -0.2) is 8.42 Å². The first kappa shape index (κ1) is 17.5. The summed E-state index contributed by atoms with van der Waals surface area (Å²) in [5.74, 6) is 0.661. The van der Waals surface area contributed by atoms with E-state index in [-0.39, 0.29) is 4.90 Å². The Morgan fingerprint density at radius 1 is 1.22 bits per heavy atom. The minimum Gasteiger partial charge on any atom is -0.494 e. The second kappa shape index (κ2) is 7.14. The van der Waals surface area contributed by atoms with Crippen LogP contribution in [0.4, 0.5) is 0 Å². The summed E-state index contributed by atoms with van der Waals surface area (Å²) in [6.45, 7) is 7.37. The van der Waals surface area contributed by atoms with E-state index in [9.17, 15) is 8.42 Å². The third-order valence-electron chi connectivity index (χ3n) is 3.61. The van der Waals surface area contributed by atoms with E-state index in [4.69, 9.17) is 4.74 Å². The second-order valence-corrected chi connectivity index (χ2v) is 7.31. The number of sulfonamides is 1. The molecule has 0 aliphatic carbocycles. The fourth-order valence-electron chi connectivity index (χ4n) is 2.26. The number of aromatic nitrogens is 2. The molecule has 6 nitrogen and oxygen atoms in total. The average Bonchev–Trinajstić information content (AvgIpc) is 2.88. The lowest BCUT2D eigenvalue weighted by Gasteiger charge is -2.17. The van der Waals surface area contributed by atoms with Gasteiger partial charge in [0.15, 0.2) is 0 Å². The molecule has 0 fully saturated rings. The van der Waals surface area contributed by atoms with Crippen LogP contribution in [0.15, 0.2) is 35.4 Å². The molecule has 7 heteroatoms. The van der Waals surface area contributed by atoms with Gasteiger partial charge in [0.25, 0.3) is 0 Å². The Morgan fingerprint density at radius 3 is 2.39 bits per heavy atom. The van der Waals surface area contributed by atoms with E-state index in [0.29, 0.717) is 18.9 Å². The van der Waals surface area contributed by atoms with Crippen molar-refractivity contribution in [3.05, 3.63) is 41.7 Å². The molecule has 0 aliphatic rings. The largest absolute Gasteiger partial charge is 0.494 e. The highest BCUT2D eigenvalue weighted by molar-refractivity contribution is 7.89. The molecule has 1 aromatic heterocycles. The lowest BCUT2D eigenvalue weighted by molar-refractivity contribution is 0.340. The van der Waals surface area contributed by atoms with Gasteiger partial charge in [0.05, 0.1) is 17.2 Å². The SMILES string of the molecule is CCOc1ccc(S(=O)(=O)N(C)Cc2cn(CC)nc2C)cc1. The highest BCUT2D eigenvalue weighted by Crippen LogP contribution is 2.21. The predicted octanol–water partition coefficient (Wildman–Crippen LogP) is 2.43. The Morgan fingerprint density at radius 2 is 1.87 bits per heavy atom. The van der Waals surface area contributed by atoms with Crippen molar-refractivity contribution in [1.29, 1.82) is 0 Å². The molecule has 0 unspecified atom stereocenters. The van der Waals surface area contributed by atoms with E-state index in [1.54, 1.807) is 31.3 Å². The van der Waals surface area contributed by atoms with Crippen LogP contribution in [0.25, 0.3) is 0 Å². The van der Waals surface area contributed by atoms with E-state index in [1.165, 1.54) is 4.31 Å². The number of hydrogen-bond donors (Lipinski definition) is 0. The molecule has 0 spiro atoms. The Balaban J connectivity index is 2.19. The van der Waals surface area contributed by atoms with Crippen LogP contribution in [0.5, 0.6) is 5.75 Å². The van der Waals surface area contributed by atoms with Gasteiger partial charge in [-0.15, -0.1) is 0 Å². The molecular weight excluding hydrogens is 314 g/mol. The van der Waals surface area contributed by atoms with Crippen molar-refractivity contribution in [3.8, 4) is 5.75 Å². The van der Waals surface area contributed by atoms with Gasteiger partial charge in [-0.1, -0.05) is 0 Å². The highest BCUT2D eigenvalue weighted by Gasteiger charge is 2.22. The molecule has 0 aliphatic heterocycles. The van der Waals surface area contributed by atoms with Crippen LogP contribution in [0.2, 0.25) is 0 Å². The fourth-order valence-corrected chi connectivity index (χ4v) is 3.40. The Hall–Kier alpha value is -1.86. The molecule has 126 valence electrons. The first-order valence-corrected chi connectivity index (χ1v) is 9.04. The van der Waals surface area contributed by atoms with E-state index < -0.39 is 10.0 Å². The maximum absolute atomic E-state index is 12.7. The zero-order valence-corrected chi connectivity index (χ0v) is 14.8. The van der Waals surface area contributed by atoms with Gasteiger partial charge in [-0.05, 0) is 45.0 Å². The molecule has 0 radical (unpaired) electrons. The maximum atomic E-state index is 12.7. The van der Waals surface area contributed by atoms with Crippen molar-refractivity contribution in [2.24, 2.45) is 0 Å². The maximum Gasteiger partial charge on any atom is 0.243 e. The molecule has 0 amide bonds. The van der Waals surface area contributed by atoms with Gasteiger partial charge < -0.3 is 4.74 Å². The van der Waals surface area contributed by atoms with Crippen LogP contribution < -0.4 is 4.74 Å². The number of benzene rings is 1. The van der Waals surface area contributed by atoms with Crippen LogP contribution in [0.3, 0.4) is 0 Å². The lowest BCUT2D eigenvalue weighted by atomic mass is 10.3. The van der Waals surface area contributed by atoms with Crippen LogP contribution in [0.1, 0.15) is 25.1 Å². The van der Waals surface area contributed by atoms with E-state index in [2.05, 4.69) is 5.10 Å². The molecule has 1 aromatic carbocycles. The number of hydrogen-bond acceptors (Lipinski definition) is 4. The summed E-state index contributed by atoms with van der Waals surface area (Å²) in [5, 5.41) is 4.35. The molecule has 0 bridgehead atoms. The molecule has 0 saturated carbocycles. The van der Waals surface area contributed by atoms with Crippen LogP contribution in [-0.2, 0) is 23.1 Å². The minimum atomic E-state index is -3.54. The van der Waals surface area contributed by atoms with Gasteiger partial charge in [0.1, 0.15) is 5.75 Å². The standard InChI is InChI=1S/C16H23N3O3S/c1-5-19-12-14(13(3)17-19)11-18(4)23(20,21)16-9-7-15(8-10-16)22-6-2/h7-10,12H,5-6,11H2,1-4H3. The van der Waals surface area contributed by atoms with Crippen molar-refractivity contribution < 1.29 is 13.2 Å². The van der Waals surface area contributed by atoms with Gasteiger partial charge >= 0.3 is 0 Å². The third-order valence-corrected chi connectivity index (χ3v) is 5.43. The van der Waals surface area contributed by atoms with Crippen molar-refractivity contribution in [1.82, 2.24) is 14.1 Å². The quantitative estimate of drug-likeness (QED) is 0.778. The molecule has 0 atom stereocenters. The van der Waals surface area contributed by atoms with Crippen molar-refractivity contribution >= 4 is 10.0 Å². The first-order chi connectivity index (χ1) is 10.9. The number of nitrogens with zero attached hydrogens (tertiary/aromatic N) is 3. The van der Waals surface area contributed by atoms with Crippen molar-refractivity contribution in [2.45, 2.75) is 38.8 Å². The summed E-state index contributed by atoms with van der Waals surface area (Å²) in [6, 6.07) is 6.48. The Bertz CT molecular complexity index is 751. The number of ether oxygens (including phenoxy) is 1. The van der Waals surface area contributed by atoms with E-state index >= 15 is 0 Å². The summed E-state index contributed by atoms with van der Waals surface area (Å²) in [7, 11) is -1.96. The molecule has 2 rings (SSSR count). The molecule has 23 heavy (non-hydrogen) atoms. The number of rotatable bonds is 7. The zero-order valence-electron chi connectivity index (χ0n) is 14.0. The van der Waals surface area contributed by atoms with Crippen LogP contribution in [-0.4, -0.2) is 36.2 Å². The first-order valence-electron chi connectivity index (χ1n) is 7.60. The Kier molecular flexibility index (Phi) is 5.43. The van der Waals surface area contributed by atoms with E-state index in [0.717, 1.165) is 17.8 Å². The normalized spacial score (nSPS) is 11.9. The second-order valence-electron chi connectivity index (χ2n) is 5.26. The van der Waals surface area contributed by atoms with Gasteiger partial charge in [0.2, 0.25) is 10.0 Å². The third kappa shape index (κ3) is 3.92. The highest BCUT2D eigenvalue weighted by atomic mass is 32.2. The molecule has 1 heterocycles.